The molecule has 0 spiro atoms. The Hall–Kier alpha value is -2.96. The highest BCUT2D eigenvalue weighted by Crippen LogP contribution is 2.30. The number of nitrogens with zero attached hydrogens (tertiary/aromatic N) is 1. The summed E-state index contributed by atoms with van der Waals surface area (Å²) < 4.78 is 18.3. The largest absolute Gasteiger partial charge is 0.491 e. The molecule has 0 radical (unpaired) electrons. The van der Waals surface area contributed by atoms with Gasteiger partial charge in [-0.2, -0.15) is 0 Å². The molecule has 1 aliphatic carbocycles. The highest BCUT2D eigenvalue weighted by atomic mass is 19.1. The molecule has 2 amide bonds. The smallest absolute Gasteiger partial charge is 0.251 e. The van der Waals surface area contributed by atoms with Crippen LogP contribution in [0.15, 0.2) is 36.5 Å². The Morgan fingerprint density at radius 2 is 2.00 bits per heavy atom. The van der Waals surface area contributed by atoms with Crippen molar-refractivity contribution >= 4 is 17.6 Å². The van der Waals surface area contributed by atoms with Crippen molar-refractivity contribution in [2.45, 2.75) is 45.8 Å². The third kappa shape index (κ3) is 5.76. The molecule has 2 atom stereocenters. The number of carbonyl (C=O) groups excluding carboxylic acids is 2. The number of hydrogen-bond acceptors (Lipinski definition) is 4. The van der Waals surface area contributed by atoms with E-state index in [0.29, 0.717) is 17.1 Å². The fourth-order valence-corrected chi connectivity index (χ4v) is 3.01. The minimum Gasteiger partial charge on any atom is -0.491 e. The number of hydrogen-bond donors (Lipinski definition) is 2. The first-order valence-corrected chi connectivity index (χ1v) is 9.78. The number of pyridine rings is 1. The molecule has 0 saturated heterocycles. The molecular weight excluding hydrogens is 373 g/mol. The molecule has 2 N–H and O–H groups in total. The number of halogens is 1. The molecule has 2 unspecified atom stereocenters. The number of benzene rings is 1. The summed E-state index contributed by atoms with van der Waals surface area (Å²) in [5.41, 5.74) is 2.30. The summed E-state index contributed by atoms with van der Waals surface area (Å²) >= 11 is 0. The Balaban J connectivity index is 1.63. The molecule has 6 nitrogen and oxygen atoms in total. The van der Waals surface area contributed by atoms with Crippen molar-refractivity contribution in [1.29, 1.82) is 0 Å². The van der Waals surface area contributed by atoms with Gasteiger partial charge in [-0.15, -0.1) is 0 Å². The Labute approximate surface area is 169 Å². The molecule has 7 heteroatoms. The van der Waals surface area contributed by atoms with Crippen LogP contribution in [0, 0.1) is 12.8 Å². The fraction of sp³-hybridized carbons (Fsp3) is 0.409. The molecule has 1 aromatic carbocycles. The van der Waals surface area contributed by atoms with Crippen molar-refractivity contribution in [3.63, 3.8) is 0 Å². The first-order chi connectivity index (χ1) is 13.8. The number of anilines is 1. The average molecular weight is 399 g/mol. The van der Waals surface area contributed by atoms with Gasteiger partial charge < -0.3 is 15.4 Å². The van der Waals surface area contributed by atoms with Crippen molar-refractivity contribution in [2.24, 2.45) is 5.92 Å². The topological polar surface area (TPSA) is 80.3 Å². The van der Waals surface area contributed by atoms with Crippen molar-refractivity contribution in [2.75, 3.05) is 11.9 Å². The van der Waals surface area contributed by atoms with Gasteiger partial charge in [-0.3, -0.25) is 9.59 Å². The number of rotatable bonds is 8. The third-order valence-electron chi connectivity index (χ3n) is 4.76. The number of carbonyl (C=O) groups is 2. The van der Waals surface area contributed by atoms with Gasteiger partial charge in [0.15, 0.2) is 0 Å². The molecule has 1 fully saturated rings. The van der Waals surface area contributed by atoms with E-state index in [1.807, 2.05) is 26.0 Å². The number of amides is 2. The van der Waals surface area contributed by atoms with E-state index in [9.17, 15) is 14.0 Å². The van der Waals surface area contributed by atoms with Gasteiger partial charge in [0.25, 0.3) is 5.91 Å². The molecule has 1 aliphatic rings. The van der Waals surface area contributed by atoms with Crippen LogP contribution >= 0.6 is 0 Å². The first-order valence-electron chi connectivity index (χ1n) is 9.78. The lowest BCUT2D eigenvalue weighted by molar-refractivity contribution is -0.117. The number of aryl methyl sites for hydroxylation is 1. The van der Waals surface area contributed by atoms with E-state index in [1.54, 1.807) is 18.2 Å². The van der Waals surface area contributed by atoms with E-state index < -0.39 is 6.17 Å². The average Bonchev–Trinajstić information content (AvgIpc) is 3.52. The first kappa shape index (κ1) is 20.8. The minimum atomic E-state index is -1.03. The predicted octanol–water partition coefficient (Wildman–Crippen LogP) is 3.97. The highest BCUT2D eigenvalue weighted by Gasteiger charge is 2.29. The number of alkyl halides is 1. The van der Waals surface area contributed by atoms with Crippen molar-refractivity contribution in [1.82, 2.24) is 10.3 Å². The van der Waals surface area contributed by atoms with Gasteiger partial charge in [-0.1, -0.05) is 6.07 Å². The third-order valence-corrected chi connectivity index (χ3v) is 4.76. The standard InChI is InChI=1S/C22H26FN3O3/c1-13-10-18(29-12-14(2)23)6-7-19(13)15(3)25-22(28)17-8-9-24-20(11-17)26-21(27)16-4-5-16/h6-11,14-16H,4-5,12H2,1-3H3,(H,25,28)(H,24,26,27). The molecular formula is C22H26FN3O3. The van der Waals surface area contributed by atoms with Gasteiger partial charge in [-0.05, 0) is 69.0 Å². The Kier molecular flexibility index (Phi) is 6.46. The molecule has 0 aliphatic heterocycles. The SMILES string of the molecule is Cc1cc(OCC(C)F)ccc1C(C)NC(=O)c1ccnc(NC(=O)C2CC2)c1. The summed E-state index contributed by atoms with van der Waals surface area (Å²) in [4.78, 5) is 28.6. The molecule has 1 heterocycles. The summed E-state index contributed by atoms with van der Waals surface area (Å²) in [6.45, 7) is 5.26. The molecule has 0 bridgehead atoms. The van der Waals surface area contributed by atoms with E-state index in [1.165, 1.54) is 13.1 Å². The van der Waals surface area contributed by atoms with E-state index in [-0.39, 0.29) is 30.4 Å². The summed E-state index contributed by atoms with van der Waals surface area (Å²) in [6, 6.07) is 8.41. The number of ether oxygens (including phenoxy) is 1. The Morgan fingerprint density at radius 1 is 1.24 bits per heavy atom. The van der Waals surface area contributed by atoms with Crippen LogP contribution in [0.2, 0.25) is 0 Å². The van der Waals surface area contributed by atoms with Gasteiger partial charge in [0, 0.05) is 17.7 Å². The monoisotopic (exact) mass is 399 g/mol. The van der Waals surface area contributed by atoms with Crippen LogP contribution in [-0.2, 0) is 4.79 Å². The van der Waals surface area contributed by atoms with Gasteiger partial charge in [0.1, 0.15) is 24.3 Å². The minimum absolute atomic E-state index is 0.00668. The van der Waals surface area contributed by atoms with Crippen LogP contribution in [0.3, 0.4) is 0 Å². The van der Waals surface area contributed by atoms with Gasteiger partial charge in [-0.25, -0.2) is 9.37 Å². The summed E-state index contributed by atoms with van der Waals surface area (Å²) in [5, 5.41) is 5.71. The second-order valence-electron chi connectivity index (χ2n) is 7.50. The zero-order valence-electron chi connectivity index (χ0n) is 16.9. The second-order valence-corrected chi connectivity index (χ2v) is 7.50. The van der Waals surface area contributed by atoms with Crippen LogP contribution in [-0.4, -0.2) is 29.6 Å². The molecule has 2 aromatic rings. The Bertz CT molecular complexity index is 897. The van der Waals surface area contributed by atoms with Gasteiger partial charge in [0.2, 0.25) is 5.91 Å². The zero-order chi connectivity index (χ0) is 21.0. The van der Waals surface area contributed by atoms with Gasteiger partial charge >= 0.3 is 0 Å². The van der Waals surface area contributed by atoms with Crippen LogP contribution in [0.5, 0.6) is 5.75 Å². The maximum Gasteiger partial charge on any atom is 0.251 e. The Morgan fingerprint density at radius 3 is 2.66 bits per heavy atom. The van der Waals surface area contributed by atoms with Crippen LogP contribution < -0.4 is 15.4 Å². The van der Waals surface area contributed by atoms with Crippen molar-refractivity contribution in [3.8, 4) is 5.75 Å². The van der Waals surface area contributed by atoms with Crippen molar-refractivity contribution in [3.05, 3.63) is 53.2 Å². The molecule has 3 rings (SSSR count). The van der Waals surface area contributed by atoms with Crippen LogP contribution in [0.4, 0.5) is 10.2 Å². The van der Waals surface area contributed by atoms with Crippen LogP contribution in [0.25, 0.3) is 0 Å². The summed E-state index contributed by atoms with van der Waals surface area (Å²) in [5.74, 6) is 0.732. The van der Waals surface area contributed by atoms with E-state index in [2.05, 4.69) is 15.6 Å². The van der Waals surface area contributed by atoms with E-state index >= 15 is 0 Å². The zero-order valence-corrected chi connectivity index (χ0v) is 16.9. The lowest BCUT2D eigenvalue weighted by atomic mass is 10.0. The van der Waals surface area contributed by atoms with Gasteiger partial charge in [0.05, 0.1) is 6.04 Å². The molecule has 1 saturated carbocycles. The maximum atomic E-state index is 12.9. The number of nitrogens with one attached hydrogen (secondary N) is 2. The lowest BCUT2D eigenvalue weighted by Gasteiger charge is -2.18. The second kappa shape index (κ2) is 9.03. The van der Waals surface area contributed by atoms with E-state index in [4.69, 9.17) is 4.74 Å². The fourth-order valence-electron chi connectivity index (χ4n) is 3.01. The number of aromatic nitrogens is 1. The molecule has 1 aromatic heterocycles. The molecule has 154 valence electrons. The predicted molar refractivity (Wildman–Crippen MR) is 109 cm³/mol. The van der Waals surface area contributed by atoms with E-state index in [0.717, 1.165) is 24.0 Å². The quantitative estimate of drug-likeness (QED) is 0.704. The summed E-state index contributed by atoms with van der Waals surface area (Å²) in [7, 11) is 0. The lowest BCUT2D eigenvalue weighted by Crippen LogP contribution is -2.27. The maximum absolute atomic E-state index is 12.9. The highest BCUT2D eigenvalue weighted by molar-refractivity contribution is 5.97. The van der Waals surface area contributed by atoms with Crippen molar-refractivity contribution < 1.29 is 18.7 Å². The normalized spacial score (nSPS) is 15.3. The summed E-state index contributed by atoms with van der Waals surface area (Å²) in [6.07, 6.45) is 2.28. The van der Waals surface area contributed by atoms with Crippen LogP contribution in [0.1, 0.15) is 54.2 Å². The molecule has 29 heavy (non-hydrogen) atoms.